The molecule has 8 heteroatoms. The van der Waals surface area contributed by atoms with E-state index in [1.165, 1.54) is 25.0 Å². The number of amides is 1. The van der Waals surface area contributed by atoms with Crippen LogP contribution in [0.3, 0.4) is 0 Å². The van der Waals surface area contributed by atoms with Gasteiger partial charge in [-0.1, -0.05) is 12.1 Å². The van der Waals surface area contributed by atoms with Gasteiger partial charge in [0.15, 0.2) is 5.96 Å². The highest BCUT2D eigenvalue weighted by atomic mass is 127. The molecule has 0 aromatic heterocycles. The quantitative estimate of drug-likeness (QED) is 0.192. The molecule has 3 N–H and O–H groups in total. The van der Waals surface area contributed by atoms with E-state index in [1.54, 1.807) is 19.2 Å². The average Bonchev–Trinajstić information content (AvgIpc) is 3.44. The monoisotopic (exact) mass is 492 g/mol. The van der Waals surface area contributed by atoms with Gasteiger partial charge in [0, 0.05) is 39.9 Å². The molecule has 1 aromatic carbocycles. The molecular weight excluding hydrogens is 462 g/mol. The van der Waals surface area contributed by atoms with Crippen LogP contribution in [0.4, 0.5) is 4.39 Å². The lowest BCUT2D eigenvalue weighted by molar-refractivity contribution is -0.120. The van der Waals surface area contributed by atoms with Gasteiger partial charge >= 0.3 is 0 Å². The third-order valence-corrected chi connectivity index (χ3v) is 4.03. The highest BCUT2D eigenvalue weighted by molar-refractivity contribution is 14.0. The van der Waals surface area contributed by atoms with Crippen LogP contribution in [-0.4, -0.2) is 51.8 Å². The van der Waals surface area contributed by atoms with E-state index < -0.39 is 0 Å². The number of halogens is 2. The fraction of sp³-hybridized carbons (Fsp3) is 0.579. The zero-order valence-electron chi connectivity index (χ0n) is 15.8. The fourth-order valence-electron chi connectivity index (χ4n) is 2.41. The molecule has 1 amide bonds. The van der Waals surface area contributed by atoms with Gasteiger partial charge in [0.2, 0.25) is 5.91 Å². The molecule has 152 valence electrons. The van der Waals surface area contributed by atoms with Gasteiger partial charge in [0.05, 0.1) is 6.42 Å². The molecule has 0 saturated heterocycles. The molecule has 1 aliphatic carbocycles. The minimum Gasteiger partial charge on any atom is -0.381 e. The Morgan fingerprint density at radius 1 is 1.22 bits per heavy atom. The number of hydrogen-bond acceptors (Lipinski definition) is 3. The Balaban J connectivity index is 0.00000364. The molecule has 0 radical (unpaired) electrons. The van der Waals surface area contributed by atoms with Crippen LogP contribution in [0.5, 0.6) is 0 Å². The normalized spacial score (nSPS) is 13.6. The number of carbonyl (C=O) groups is 1. The number of aliphatic imine (C=N–C) groups is 1. The maximum absolute atomic E-state index is 13.1. The van der Waals surface area contributed by atoms with Crippen molar-refractivity contribution in [2.45, 2.75) is 25.7 Å². The molecule has 1 aromatic rings. The molecule has 1 fully saturated rings. The molecule has 0 heterocycles. The zero-order chi connectivity index (χ0) is 18.6. The summed E-state index contributed by atoms with van der Waals surface area (Å²) in [6, 6.07) is 6.08. The maximum Gasteiger partial charge on any atom is 0.224 e. The van der Waals surface area contributed by atoms with Gasteiger partial charge in [0.25, 0.3) is 0 Å². The molecule has 1 saturated carbocycles. The fourth-order valence-corrected chi connectivity index (χ4v) is 2.41. The first-order valence-electron chi connectivity index (χ1n) is 9.21. The first kappa shape index (κ1) is 23.6. The van der Waals surface area contributed by atoms with Crippen molar-refractivity contribution in [1.29, 1.82) is 0 Å². The predicted molar refractivity (Wildman–Crippen MR) is 116 cm³/mol. The number of guanidine groups is 1. The van der Waals surface area contributed by atoms with Gasteiger partial charge in [-0.05, 0) is 42.9 Å². The van der Waals surface area contributed by atoms with Crippen molar-refractivity contribution >= 4 is 35.8 Å². The average molecular weight is 492 g/mol. The number of ether oxygens (including phenoxy) is 1. The van der Waals surface area contributed by atoms with Crippen molar-refractivity contribution in [3.05, 3.63) is 35.6 Å². The van der Waals surface area contributed by atoms with E-state index in [0.29, 0.717) is 24.6 Å². The molecule has 0 spiro atoms. The van der Waals surface area contributed by atoms with Gasteiger partial charge in [-0.2, -0.15) is 0 Å². The summed E-state index contributed by atoms with van der Waals surface area (Å²) in [6.07, 6.45) is 3.73. The van der Waals surface area contributed by atoms with Crippen molar-refractivity contribution in [1.82, 2.24) is 16.0 Å². The van der Waals surface area contributed by atoms with Crippen LogP contribution in [0.2, 0.25) is 0 Å². The van der Waals surface area contributed by atoms with Crippen molar-refractivity contribution < 1.29 is 13.9 Å². The zero-order valence-corrected chi connectivity index (χ0v) is 18.1. The lowest BCUT2D eigenvalue weighted by atomic mass is 10.1. The summed E-state index contributed by atoms with van der Waals surface area (Å²) in [4.78, 5) is 16.0. The number of nitrogens with one attached hydrogen (secondary N) is 3. The summed E-state index contributed by atoms with van der Waals surface area (Å²) in [6.45, 7) is 3.47. The van der Waals surface area contributed by atoms with Crippen LogP contribution in [0.15, 0.2) is 29.3 Å². The van der Waals surface area contributed by atoms with Crippen molar-refractivity contribution in [2.75, 3.05) is 39.9 Å². The molecule has 0 atom stereocenters. The van der Waals surface area contributed by atoms with Gasteiger partial charge < -0.3 is 20.7 Å². The lowest BCUT2D eigenvalue weighted by Gasteiger charge is -2.12. The highest BCUT2D eigenvalue weighted by Gasteiger charge is 2.20. The van der Waals surface area contributed by atoms with E-state index >= 15 is 0 Å². The molecule has 0 aliphatic heterocycles. The summed E-state index contributed by atoms with van der Waals surface area (Å²) in [5, 5.41) is 9.16. The predicted octanol–water partition coefficient (Wildman–Crippen LogP) is 2.08. The highest BCUT2D eigenvalue weighted by Crippen LogP contribution is 2.28. The standard InChI is InChI=1S/C19H29FN4O2.HI/c1-21-19(23-8-3-11-26-14-15-6-7-15)24-10-9-22-18(25)13-16-4-2-5-17(20)12-16;/h2,4-5,12,15H,3,6-11,13-14H2,1H3,(H,22,25)(H2,21,23,24);1H. The Morgan fingerprint density at radius 3 is 2.67 bits per heavy atom. The Bertz CT molecular complexity index is 597. The Labute approximate surface area is 177 Å². The minimum atomic E-state index is -0.329. The summed E-state index contributed by atoms with van der Waals surface area (Å²) in [5.41, 5.74) is 0.664. The van der Waals surface area contributed by atoms with E-state index in [1.807, 2.05) is 0 Å². The van der Waals surface area contributed by atoms with E-state index in [4.69, 9.17) is 4.74 Å². The SMILES string of the molecule is CN=C(NCCCOCC1CC1)NCCNC(=O)Cc1cccc(F)c1.I. The third-order valence-electron chi connectivity index (χ3n) is 4.03. The molecule has 27 heavy (non-hydrogen) atoms. The van der Waals surface area contributed by atoms with E-state index in [0.717, 1.165) is 32.1 Å². The Hall–Kier alpha value is -1.42. The molecule has 0 unspecified atom stereocenters. The van der Waals surface area contributed by atoms with Crippen molar-refractivity contribution in [2.24, 2.45) is 10.9 Å². The molecule has 0 bridgehead atoms. The number of carbonyl (C=O) groups excluding carboxylic acids is 1. The number of hydrogen-bond donors (Lipinski definition) is 3. The van der Waals surface area contributed by atoms with Gasteiger partial charge in [-0.25, -0.2) is 4.39 Å². The smallest absolute Gasteiger partial charge is 0.224 e. The number of benzene rings is 1. The molecule has 6 nitrogen and oxygen atoms in total. The van der Waals surface area contributed by atoms with Gasteiger partial charge in [0.1, 0.15) is 5.82 Å². The van der Waals surface area contributed by atoms with Crippen LogP contribution in [0.25, 0.3) is 0 Å². The number of nitrogens with zero attached hydrogens (tertiary/aromatic N) is 1. The van der Waals surface area contributed by atoms with Crippen LogP contribution < -0.4 is 16.0 Å². The minimum absolute atomic E-state index is 0. The van der Waals surface area contributed by atoms with Crippen LogP contribution in [0.1, 0.15) is 24.8 Å². The van der Waals surface area contributed by atoms with E-state index in [-0.39, 0.29) is 42.1 Å². The second-order valence-corrected chi connectivity index (χ2v) is 6.45. The third kappa shape index (κ3) is 11.1. The largest absolute Gasteiger partial charge is 0.381 e. The van der Waals surface area contributed by atoms with Crippen LogP contribution >= 0.6 is 24.0 Å². The van der Waals surface area contributed by atoms with E-state index in [2.05, 4.69) is 20.9 Å². The summed E-state index contributed by atoms with van der Waals surface area (Å²) < 4.78 is 18.7. The summed E-state index contributed by atoms with van der Waals surface area (Å²) in [5.74, 6) is 1.04. The molecular formula is C19H30FIN4O2. The van der Waals surface area contributed by atoms with Crippen molar-refractivity contribution in [3.8, 4) is 0 Å². The summed E-state index contributed by atoms with van der Waals surface area (Å²) in [7, 11) is 1.71. The summed E-state index contributed by atoms with van der Waals surface area (Å²) >= 11 is 0. The Morgan fingerprint density at radius 2 is 1.96 bits per heavy atom. The first-order chi connectivity index (χ1) is 12.7. The van der Waals surface area contributed by atoms with Gasteiger partial charge in [-0.3, -0.25) is 9.79 Å². The Kier molecular flexibility index (Phi) is 12.0. The lowest BCUT2D eigenvalue weighted by Crippen LogP contribution is -2.42. The number of rotatable bonds is 11. The topological polar surface area (TPSA) is 74.8 Å². The molecule has 1 aliphatic rings. The van der Waals surface area contributed by atoms with Crippen LogP contribution in [-0.2, 0) is 16.0 Å². The molecule has 2 rings (SSSR count). The first-order valence-corrected chi connectivity index (χ1v) is 9.21. The van der Waals surface area contributed by atoms with Crippen LogP contribution in [0, 0.1) is 11.7 Å². The van der Waals surface area contributed by atoms with E-state index in [9.17, 15) is 9.18 Å². The second kappa shape index (κ2) is 13.7. The van der Waals surface area contributed by atoms with Crippen molar-refractivity contribution in [3.63, 3.8) is 0 Å². The maximum atomic E-state index is 13.1. The van der Waals surface area contributed by atoms with Gasteiger partial charge in [-0.15, -0.1) is 24.0 Å². The second-order valence-electron chi connectivity index (χ2n) is 6.45.